The third kappa shape index (κ3) is 5.27. The Morgan fingerprint density at radius 3 is 2.55 bits per heavy atom. The average molecular weight is 408 g/mol. The monoisotopic (exact) mass is 407 g/mol. The van der Waals surface area contributed by atoms with E-state index < -0.39 is 0 Å². The summed E-state index contributed by atoms with van der Waals surface area (Å²) in [5, 5.41) is 8.68. The number of nitrogens with zero attached hydrogens (tertiary/aromatic N) is 1. The fourth-order valence-electron chi connectivity index (χ4n) is 4.05. The second-order valence-corrected chi connectivity index (χ2v) is 8.20. The molecule has 2 aromatic carbocycles. The molecule has 1 amide bonds. The van der Waals surface area contributed by atoms with Crippen LogP contribution in [-0.2, 0) is 11.2 Å². The van der Waals surface area contributed by atoms with Gasteiger partial charge in [-0.1, -0.05) is 41.9 Å². The molecule has 150 valence electrons. The second kappa shape index (κ2) is 9.27. The van der Waals surface area contributed by atoms with Crippen molar-refractivity contribution < 1.29 is 4.79 Å². The van der Waals surface area contributed by atoms with Gasteiger partial charge in [0, 0.05) is 40.8 Å². The van der Waals surface area contributed by atoms with Crippen LogP contribution in [0.25, 0.3) is 10.9 Å². The molecule has 3 aromatic rings. The van der Waals surface area contributed by atoms with Crippen molar-refractivity contribution in [3.05, 3.63) is 71.4 Å². The topological polar surface area (TPSA) is 54.0 Å². The molecular weight excluding hydrogens is 382 g/mol. The highest BCUT2D eigenvalue weighted by molar-refractivity contribution is 6.31. The summed E-state index contributed by atoms with van der Waals surface area (Å²) in [6, 6.07) is 18.7. The second-order valence-electron chi connectivity index (χ2n) is 7.77. The fraction of sp³-hybridized carbons (Fsp3) is 0.333. The molecule has 4 rings (SSSR count). The highest BCUT2D eigenvalue weighted by Gasteiger charge is 2.22. The Bertz CT molecular complexity index is 968. The fourth-order valence-corrected chi connectivity index (χ4v) is 4.22. The Hall–Kier alpha value is -2.59. The van der Waals surface area contributed by atoms with E-state index in [1.165, 1.54) is 5.56 Å². The standard InChI is InChI=1S/C24H26ClN3O/c25-18-7-12-21-22(14-15-26-23(21)16-18)27-19-8-10-20(11-9-19)28-24(29)13-6-17-4-2-1-3-5-17/h1-5,7,12,14-16,19-20H,6,8-11,13H2,(H,26,27)(H,28,29). The quantitative estimate of drug-likeness (QED) is 0.578. The van der Waals surface area contributed by atoms with Gasteiger partial charge in [0.1, 0.15) is 0 Å². The first-order valence-corrected chi connectivity index (χ1v) is 10.7. The molecule has 1 aromatic heterocycles. The molecule has 0 spiro atoms. The molecule has 0 unspecified atom stereocenters. The van der Waals surface area contributed by atoms with Gasteiger partial charge in [0.05, 0.1) is 5.52 Å². The SMILES string of the molecule is O=C(CCc1ccccc1)NC1CCC(Nc2ccnc3cc(Cl)ccc23)CC1. The Labute approximate surface area is 176 Å². The Morgan fingerprint density at radius 2 is 1.76 bits per heavy atom. The van der Waals surface area contributed by atoms with Gasteiger partial charge >= 0.3 is 0 Å². The molecular formula is C24H26ClN3O. The van der Waals surface area contributed by atoms with Crippen molar-refractivity contribution in [3.63, 3.8) is 0 Å². The van der Waals surface area contributed by atoms with Crippen LogP contribution in [-0.4, -0.2) is 23.0 Å². The molecule has 1 heterocycles. The lowest BCUT2D eigenvalue weighted by Gasteiger charge is -2.30. The number of aromatic nitrogens is 1. The molecule has 5 heteroatoms. The summed E-state index contributed by atoms with van der Waals surface area (Å²) in [7, 11) is 0. The summed E-state index contributed by atoms with van der Waals surface area (Å²) in [5.41, 5.74) is 3.21. The number of amides is 1. The summed E-state index contributed by atoms with van der Waals surface area (Å²) in [5.74, 6) is 0.155. The first kappa shape index (κ1) is 19.7. The first-order chi connectivity index (χ1) is 14.2. The summed E-state index contributed by atoms with van der Waals surface area (Å²) in [6.07, 6.45) is 7.26. The zero-order chi connectivity index (χ0) is 20.1. The number of halogens is 1. The molecule has 1 saturated carbocycles. The van der Waals surface area contributed by atoms with Gasteiger partial charge in [-0.25, -0.2) is 0 Å². The average Bonchev–Trinajstić information content (AvgIpc) is 2.74. The molecule has 2 N–H and O–H groups in total. The molecule has 1 aliphatic rings. The minimum atomic E-state index is 0.155. The number of rotatable bonds is 6. The number of hydrogen-bond donors (Lipinski definition) is 2. The molecule has 4 nitrogen and oxygen atoms in total. The van der Waals surface area contributed by atoms with Crippen molar-refractivity contribution in [2.75, 3.05) is 5.32 Å². The van der Waals surface area contributed by atoms with Crippen LogP contribution in [0.4, 0.5) is 5.69 Å². The van der Waals surface area contributed by atoms with E-state index in [2.05, 4.69) is 27.8 Å². The smallest absolute Gasteiger partial charge is 0.220 e. The van der Waals surface area contributed by atoms with E-state index in [9.17, 15) is 4.79 Å². The van der Waals surface area contributed by atoms with Crippen molar-refractivity contribution in [3.8, 4) is 0 Å². The molecule has 1 fully saturated rings. The van der Waals surface area contributed by atoms with E-state index in [1.807, 2.05) is 48.7 Å². The van der Waals surface area contributed by atoms with E-state index in [1.54, 1.807) is 0 Å². The van der Waals surface area contributed by atoms with Gasteiger partial charge in [0.2, 0.25) is 5.91 Å². The number of nitrogens with one attached hydrogen (secondary N) is 2. The van der Waals surface area contributed by atoms with Crippen LogP contribution in [0.3, 0.4) is 0 Å². The molecule has 0 bridgehead atoms. The summed E-state index contributed by atoms with van der Waals surface area (Å²) >= 11 is 6.08. The van der Waals surface area contributed by atoms with Gasteiger partial charge < -0.3 is 10.6 Å². The lowest BCUT2D eigenvalue weighted by atomic mass is 9.90. The third-order valence-corrected chi connectivity index (χ3v) is 5.88. The molecule has 29 heavy (non-hydrogen) atoms. The number of carbonyl (C=O) groups is 1. The van der Waals surface area contributed by atoms with Gasteiger partial charge in [-0.05, 0) is 61.9 Å². The van der Waals surface area contributed by atoms with Crippen molar-refractivity contribution in [2.45, 2.75) is 50.6 Å². The number of benzene rings is 2. The number of anilines is 1. The van der Waals surface area contributed by atoms with Crippen LogP contribution in [0.15, 0.2) is 60.8 Å². The van der Waals surface area contributed by atoms with Crippen molar-refractivity contribution in [1.82, 2.24) is 10.3 Å². The van der Waals surface area contributed by atoms with Crippen LogP contribution in [0.1, 0.15) is 37.7 Å². The minimum Gasteiger partial charge on any atom is -0.382 e. The van der Waals surface area contributed by atoms with Gasteiger partial charge in [-0.2, -0.15) is 0 Å². The largest absolute Gasteiger partial charge is 0.382 e. The molecule has 0 aliphatic heterocycles. The number of aryl methyl sites for hydroxylation is 1. The van der Waals surface area contributed by atoms with Gasteiger partial charge in [0.15, 0.2) is 0 Å². The maximum absolute atomic E-state index is 12.3. The normalized spacial score (nSPS) is 19.1. The molecule has 0 atom stereocenters. The maximum atomic E-state index is 12.3. The predicted octanol–water partition coefficient (Wildman–Crippen LogP) is 5.36. The lowest BCUT2D eigenvalue weighted by molar-refractivity contribution is -0.122. The molecule has 0 saturated heterocycles. The van der Waals surface area contributed by atoms with E-state index in [-0.39, 0.29) is 11.9 Å². The molecule has 1 aliphatic carbocycles. The number of hydrogen-bond acceptors (Lipinski definition) is 3. The van der Waals surface area contributed by atoms with Crippen LogP contribution < -0.4 is 10.6 Å². The van der Waals surface area contributed by atoms with Crippen molar-refractivity contribution in [1.29, 1.82) is 0 Å². The van der Waals surface area contributed by atoms with E-state index >= 15 is 0 Å². The van der Waals surface area contributed by atoms with Gasteiger partial charge in [-0.3, -0.25) is 9.78 Å². The maximum Gasteiger partial charge on any atom is 0.220 e. The highest BCUT2D eigenvalue weighted by Crippen LogP contribution is 2.28. The number of carbonyl (C=O) groups excluding carboxylic acids is 1. The Balaban J connectivity index is 1.26. The zero-order valence-corrected chi connectivity index (χ0v) is 17.2. The third-order valence-electron chi connectivity index (χ3n) is 5.64. The first-order valence-electron chi connectivity index (χ1n) is 10.3. The van der Waals surface area contributed by atoms with Crippen LogP contribution in [0.2, 0.25) is 5.02 Å². The predicted molar refractivity (Wildman–Crippen MR) is 119 cm³/mol. The Kier molecular flexibility index (Phi) is 6.30. The summed E-state index contributed by atoms with van der Waals surface area (Å²) < 4.78 is 0. The zero-order valence-electron chi connectivity index (χ0n) is 16.4. The van der Waals surface area contributed by atoms with Crippen LogP contribution >= 0.6 is 11.6 Å². The van der Waals surface area contributed by atoms with Crippen LogP contribution in [0, 0.1) is 0 Å². The lowest BCUT2D eigenvalue weighted by Crippen LogP contribution is -2.40. The molecule has 0 radical (unpaired) electrons. The summed E-state index contributed by atoms with van der Waals surface area (Å²) in [6.45, 7) is 0. The van der Waals surface area contributed by atoms with E-state index in [4.69, 9.17) is 11.6 Å². The van der Waals surface area contributed by atoms with E-state index in [0.29, 0.717) is 17.5 Å². The van der Waals surface area contributed by atoms with Crippen LogP contribution in [0.5, 0.6) is 0 Å². The number of fused-ring (bicyclic) bond motifs is 1. The van der Waals surface area contributed by atoms with Crippen molar-refractivity contribution >= 4 is 34.1 Å². The van der Waals surface area contributed by atoms with E-state index in [0.717, 1.165) is 48.7 Å². The summed E-state index contributed by atoms with van der Waals surface area (Å²) in [4.78, 5) is 16.7. The van der Waals surface area contributed by atoms with Gasteiger partial charge in [0.25, 0.3) is 0 Å². The van der Waals surface area contributed by atoms with Crippen molar-refractivity contribution in [2.24, 2.45) is 0 Å². The van der Waals surface area contributed by atoms with Gasteiger partial charge in [-0.15, -0.1) is 0 Å². The minimum absolute atomic E-state index is 0.155. The Morgan fingerprint density at radius 1 is 1.00 bits per heavy atom. The number of pyridine rings is 1. The highest BCUT2D eigenvalue weighted by atomic mass is 35.5.